The normalized spacial score (nSPS) is 20.5. The number of aryl methyl sites for hydroxylation is 1. The fourth-order valence-corrected chi connectivity index (χ4v) is 5.99. The number of quaternary nitrogens is 1. The van der Waals surface area contributed by atoms with Crippen molar-refractivity contribution in [3.8, 4) is 0 Å². The summed E-state index contributed by atoms with van der Waals surface area (Å²) in [7, 11) is -2.88. The molecule has 136 valence electrons. The molecule has 0 saturated carbocycles. The summed E-state index contributed by atoms with van der Waals surface area (Å²) in [6.07, 6.45) is 0.720. The maximum absolute atomic E-state index is 11.8. The van der Waals surface area contributed by atoms with Crippen molar-refractivity contribution in [1.29, 1.82) is 0 Å². The topological polar surface area (TPSA) is 68.4 Å². The summed E-state index contributed by atoms with van der Waals surface area (Å²) in [4.78, 5) is 1.21. The van der Waals surface area contributed by atoms with Gasteiger partial charge in [0, 0.05) is 12.1 Å². The Morgan fingerprint density at radius 1 is 1.48 bits per heavy atom. The molecular weight excluding hydrogens is 376 g/mol. The van der Waals surface area contributed by atoms with Gasteiger partial charge in [-0.15, -0.1) is 5.10 Å². The predicted molar refractivity (Wildman–Crippen MR) is 104 cm³/mol. The second-order valence-electron chi connectivity index (χ2n) is 6.44. The Morgan fingerprint density at radius 3 is 2.92 bits per heavy atom. The molecule has 25 heavy (non-hydrogen) atoms. The average molecular weight is 400 g/mol. The zero-order valence-electron chi connectivity index (χ0n) is 14.4. The van der Waals surface area contributed by atoms with E-state index in [0.29, 0.717) is 16.4 Å². The highest BCUT2D eigenvalue weighted by Crippen LogP contribution is 2.20. The molecule has 2 atom stereocenters. The molecule has 2 aromatic rings. The monoisotopic (exact) mass is 399 g/mol. The van der Waals surface area contributed by atoms with Crippen LogP contribution in [0.1, 0.15) is 18.9 Å². The molecule has 0 aliphatic carbocycles. The number of hydrogen-bond acceptors (Lipinski definition) is 6. The van der Waals surface area contributed by atoms with Gasteiger partial charge < -0.3 is 10.2 Å². The van der Waals surface area contributed by atoms with E-state index >= 15 is 0 Å². The predicted octanol–water partition coefficient (Wildman–Crippen LogP) is 1.78. The van der Waals surface area contributed by atoms with Gasteiger partial charge in [-0.25, -0.2) is 8.42 Å². The van der Waals surface area contributed by atoms with Gasteiger partial charge in [-0.3, -0.25) is 0 Å². The van der Waals surface area contributed by atoms with Gasteiger partial charge in [0.15, 0.2) is 20.5 Å². The number of sulfone groups is 1. The summed E-state index contributed by atoms with van der Waals surface area (Å²) in [6.45, 7) is 5.56. The number of hydrogen-bond donors (Lipinski definition) is 2. The molecular formula is C16H23N4O2S3+. The van der Waals surface area contributed by atoms with Crippen molar-refractivity contribution in [2.45, 2.75) is 33.0 Å². The van der Waals surface area contributed by atoms with E-state index in [1.165, 1.54) is 21.8 Å². The number of rotatable bonds is 6. The lowest BCUT2D eigenvalue weighted by Gasteiger charge is -2.23. The summed E-state index contributed by atoms with van der Waals surface area (Å²) < 4.78 is 26.0. The third kappa shape index (κ3) is 4.66. The molecule has 3 rings (SSSR count). The first kappa shape index (κ1) is 18.5. The van der Waals surface area contributed by atoms with Crippen molar-refractivity contribution in [3.05, 3.63) is 33.8 Å². The third-order valence-electron chi connectivity index (χ3n) is 4.49. The van der Waals surface area contributed by atoms with E-state index in [-0.39, 0.29) is 11.8 Å². The largest absolute Gasteiger partial charge is 0.330 e. The summed E-state index contributed by atoms with van der Waals surface area (Å²) in [5, 5.41) is 8.63. The van der Waals surface area contributed by atoms with Crippen molar-refractivity contribution in [2.75, 3.05) is 23.4 Å². The van der Waals surface area contributed by atoms with Gasteiger partial charge in [-0.1, -0.05) is 23.5 Å². The van der Waals surface area contributed by atoms with Gasteiger partial charge in [-0.2, -0.15) is 4.68 Å². The molecule has 1 aliphatic rings. The molecule has 1 aromatic heterocycles. The average Bonchev–Trinajstić information content (AvgIpc) is 3.07. The first-order chi connectivity index (χ1) is 11.9. The molecule has 0 radical (unpaired) electrons. The molecule has 0 spiro atoms. The van der Waals surface area contributed by atoms with Gasteiger partial charge in [-0.05, 0) is 43.8 Å². The molecule has 1 saturated heterocycles. The highest BCUT2D eigenvalue weighted by molar-refractivity contribution is 7.91. The fourth-order valence-electron chi connectivity index (χ4n) is 3.14. The Hall–Kier alpha value is -1.29. The lowest BCUT2D eigenvalue weighted by atomic mass is 10.2. The molecule has 0 bridgehead atoms. The molecule has 2 heterocycles. The van der Waals surface area contributed by atoms with Crippen LogP contribution in [0.25, 0.3) is 0 Å². The van der Waals surface area contributed by atoms with Crippen molar-refractivity contribution in [2.24, 2.45) is 0 Å². The summed E-state index contributed by atoms with van der Waals surface area (Å²) >= 11 is 6.88. The van der Waals surface area contributed by atoms with Gasteiger partial charge in [0.1, 0.15) is 11.8 Å². The number of benzene rings is 1. The Labute approximate surface area is 157 Å². The lowest BCUT2D eigenvalue weighted by molar-refractivity contribution is -0.943. The molecule has 1 aromatic carbocycles. The van der Waals surface area contributed by atoms with Crippen LogP contribution < -0.4 is 10.2 Å². The van der Waals surface area contributed by atoms with Crippen molar-refractivity contribution in [1.82, 2.24) is 9.78 Å². The van der Waals surface area contributed by atoms with Crippen molar-refractivity contribution in [3.63, 3.8) is 0 Å². The fraction of sp³-hybridized carbons (Fsp3) is 0.500. The minimum atomic E-state index is -2.88. The van der Waals surface area contributed by atoms with Crippen molar-refractivity contribution >= 4 is 44.2 Å². The molecule has 9 heteroatoms. The van der Waals surface area contributed by atoms with Crippen LogP contribution in [0.5, 0.6) is 0 Å². The highest BCUT2D eigenvalue weighted by atomic mass is 32.2. The van der Waals surface area contributed by atoms with Crippen LogP contribution in [-0.2, 0) is 16.5 Å². The Balaban J connectivity index is 1.72. The van der Waals surface area contributed by atoms with Gasteiger partial charge in [0.05, 0.1) is 12.3 Å². The minimum Gasteiger partial charge on any atom is -0.330 e. The van der Waals surface area contributed by atoms with E-state index < -0.39 is 9.84 Å². The van der Waals surface area contributed by atoms with Crippen LogP contribution in [0.4, 0.5) is 10.8 Å². The number of nitrogens with one attached hydrogen (secondary N) is 2. The SMILES string of the molecule is CC[NH+](Cn1nc(Nc2cccc(C)c2)sc1=S)[C@@H]1CCS(=O)(=O)C1. The van der Waals surface area contributed by atoms with Crippen LogP contribution in [0, 0.1) is 10.9 Å². The van der Waals surface area contributed by atoms with Crippen LogP contribution in [-0.4, -0.2) is 42.3 Å². The maximum Gasteiger partial charge on any atom is 0.209 e. The molecule has 1 aliphatic heterocycles. The van der Waals surface area contributed by atoms with Crippen LogP contribution >= 0.6 is 23.6 Å². The molecule has 0 amide bonds. The summed E-state index contributed by atoms with van der Waals surface area (Å²) in [5.74, 6) is 0.561. The zero-order valence-corrected chi connectivity index (χ0v) is 16.8. The maximum atomic E-state index is 11.8. The van der Waals surface area contributed by atoms with Gasteiger partial charge >= 0.3 is 0 Å². The Morgan fingerprint density at radius 2 is 2.28 bits per heavy atom. The summed E-state index contributed by atoms with van der Waals surface area (Å²) in [6, 6.07) is 8.23. The molecule has 6 nitrogen and oxygen atoms in total. The standard InChI is InChI=1S/C16H22N4O2S3/c1-3-19(14-7-8-25(21,22)10-14)11-20-16(23)24-15(18-20)17-13-6-4-5-12(2)9-13/h4-6,9,14H,3,7-8,10-11H2,1-2H3,(H,17,18)/p+1/t14-/m1/s1. The number of anilines is 2. The van der Waals surface area contributed by atoms with Gasteiger partial charge in [0.2, 0.25) is 5.13 Å². The van der Waals surface area contributed by atoms with Crippen molar-refractivity contribution < 1.29 is 13.3 Å². The highest BCUT2D eigenvalue weighted by Gasteiger charge is 2.35. The second kappa shape index (κ2) is 7.53. The second-order valence-corrected chi connectivity index (χ2v) is 10.3. The third-order valence-corrected chi connectivity index (χ3v) is 7.48. The van der Waals surface area contributed by atoms with E-state index in [1.807, 2.05) is 29.8 Å². The zero-order chi connectivity index (χ0) is 18.0. The molecule has 2 N–H and O–H groups in total. The Bertz CT molecular complexity index is 904. The quantitative estimate of drug-likeness (QED) is 0.725. The summed E-state index contributed by atoms with van der Waals surface area (Å²) in [5.41, 5.74) is 2.16. The van der Waals surface area contributed by atoms with Crippen LogP contribution in [0.2, 0.25) is 0 Å². The lowest BCUT2D eigenvalue weighted by Crippen LogP contribution is -3.15. The molecule has 1 unspecified atom stereocenters. The van der Waals surface area contributed by atoms with Gasteiger partial charge in [0.25, 0.3) is 0 Å². The van der Waals surface area contributed by atoms with E-state index in [4.69, 9.17) is 12.2 Å². The van der Waals surface area contributed by atoms with E-state index in [2.05, 4.69) is 23.4 Å². The van der Waals surface area contributed by atoms with E-state index in [0.717, 1.165) is 23.8 Å². The first-order valence-corrected chi connectivity index (χ1v) is 11.4. The van der Waals surface area contributed by atoms with Crippen LogP contribution in [0.15, 0.2) is 24.3 Å². The van der Waals surface area contributed by atoms with E-state index in [9.17, 15) is 8.42 Å². The number of nitrogens with zero attached hydrogens (tertiary/aromatic N) is 2. The number of aromatic nitrogens is 2. The minimum absolute atomic E-state index is 0.131. The Kier molecular flexibility index (Phi) is 5.57. The van der Waals surface area contributed by atoms with E-state index in [1.54, 1.807) is 0 Å². The van der Waals surface area contributed by atoms with Crippen LogP contribution in [0.3, 0.4) is 0 Å². The smallest absolute Gasteiger partial charge is 0.209 e. The first-order valence-electron chi connectivity index (χ1n) is 8.33. The molecule has 1 fully saturated rings.